The van der Waals surface area contributed by atoms with Gasteiger partial charge in [0.15, 0.2) is 16.6 Å². The number of carbonyl (C=O) groups excluding carboxylic acids is 1. The Balaban J connectivity index is 1.61. The van der Waals surface area contributed by atoms with Crippen LogP contribution in [0.1, 0.15) is 27.7 Å². The molecule has 0 unspecified atom stereocenters. The summed E-state index contributed by atoms with van der Waals surface area (Å²) in [6.45, 7) is 2.31. The highest BCUT2D eigenvalue weighted by atomic mass is 79.9. The maximum atomic E-state index is 12.5. The van der Waals surface area contributed by atoms with Crippen LogP contribution < -0.4 is 14.2 Å². The molecule has 0 saturated heterocycles. The number of esters is 1. The van der Waals surface area contributed by atoms with E-state index in [1.165, 1.54) is 11.3 Å². The predicted molar refractivity (Wildman–Crippen MR) is 106 cm³/mol. The Bertz CT molecular complexity index is 1090. The van der Waals surface area contributed by atoms with E-state index in [1.807, 2.05) is 12.3 Å². The Labute approximate surface area is 172 Å². The SMILES string of the molecule is CCOC(=O)c1sc(Oc2cc3c(cc2Br)OCO3)c2c1CCc1cn[nH]c1-2. The minimum Gasteiger partial charge on any atom is -0.462 e. The molecular weight excluding hydrogens is 448 g/mol. The standard InChI is InChI=1S/C19H15BrN2O5S/c1-2-24-18(23)17-10-4-3-9-7-21-22-16(9)15(10)19(28-17)27-12-6-14-13(5-11(12)20)25-8-26-14/h5-7H,2-4,8H2,1H3,(H,21,22). The number of nitrogens with one attached hydrogen (secondary N) is 1. The Hall–Kier alpha value is -2.52. The molecule has 5 rings (SSSR count). The first kappa shape index (κ1) is 17.6. The fraction of sp³-hybridized carbons (Fsp3) is 0.263. The topological polar surface area (TPSA) is 82.7 Å². The molecule has 7 nitrogen and oxygen atoms in total. The molecule has 1 N–H and O–H groups in total. The summed E-state index contributed by atoms with van der Waals surface area (Å²) >= 11 is 4.81. The van der Waals surface area contributed by atoms with Crippen molar-refractivity contribution in [3.63, 3.8) is 0 Å². The third kappa shape index (κ3) is 2.77. The average Bonchev–Trinajstić information content (AvgIpc) is 3.39. The number of aromatic amines is 1. The van der Waals surface area contributed by atoms with E-state index in [-0.39, 0.29) is 12.8 Å². The fourth-order valence-corrected chi connectivity index (χ4v) is 4.94. The van der Waals surface area contributed by atoms with Crippen LogP contribution in [0, 0.1) is 0 Å². The summed E-state index contributed by atoms with van der Waals surface area (Å²) in [5.41, 5.74) is 3.80. The van der Waals surface area contributed by atoms with Crippen molar-refractivity contribution in [2.45, 2.75) is 19.8 Å². The van der Waals surface area contributed by atoms with Crippen LogP contribution in [0.3, 0.4) is 0 Å². The lowest BCUT2D eigenvalue weighted by atomic mass is 9.92. The number of rotatable bonds is 4. The Morgan fingerprint density at radius 2 is 2.14 bits per heavy atom. The molecule has 144 valence electrons. The van der Waals surface area contributed by atoms with Crippen LogP contribution in [0.2, 0.25) is 0 Å². The van der Waals surface area contributed by atoms with Crippen LogP contribution in [0.5, 0.6) is 22.3 Å². The number of nitrogens with zero attached hydrogens (tertiary/aromatic N) is 1. The first-order valence-electron chi connectivity index (χ1n) is 8.78. The van der Waals surface area contributed by atoms with Crippen LogP contribution >= 0.6 is 27.3 Å². The van der Waals surface area contributed by atoms with Gasteiger partial charge in [-0.1, -0.05) is 11.3 Å². The van der Waals surface area contributed by atoms with E-state index in [2.05, 4.69) is 26.1 Å². The average molecular weight is 463 g/mol. The summed E-state index contributed by atoms with van der Waals surface area (Å²) in [6, 6.07) is 3.59. The van der Waals surface area contributed by atoms with Crippen LogP contribution in [0.4, 0.5) is 0 Å². The van der Waals surface area contributed by atoms with Crippen LogP contribution in [0.15, 0.2) is 22.8 Å². The van der Waals surface area contributed by atoms with Gasteiger partial charge in [0.25, 0.3) is 0 Å². The molecule has 1 aliphatic carbocycles. The number of benzene rings is 1. The molecule has 2 aliphatic rings. The normalized spacial score (nSPS) is 13.8. The lowest BCUT2D eigenvalue weighted by Crippen LogP contribution is -2.08. The third-order valence-corrected chi connectivity index (χ3v) is 6.39. The Morgan fingerprint density at radius 3 is 2.96 bits per heavy atom. The van der Waals surface area contributed by atoms with Crippen molar-refractivity contribution in [3.05, 3.63) is 38.8 Å². The number of ether oxygens (including phenoxy) is 4. The highest BCUT2D eigenvalue weighted by Gasteiger charge is 2.31. The lowest BCUT2D eigenvalue weighted by Gasteiger charge is -2.15. The summed E-state index contributed by atoms with van der Waals surface area (Å²) in [4.78, 5) is 13.1. The molecule has 0 fully saturated rings. The van der Waals surface area contributed by atoms with E-state index in [0.29, 0.717) is 33.8 Å². The largest absolute Gasteiger partial charge is 0.462 e. The van der Waals surface area contributed by atoms with Crippen molar-refractivity contribution in [2.24, 2.45) is 0 Å². The molecule has 0 bridgehead atoms. The van der Waals surface area contributed by atoms with Gasteiger partial charge >= 0.3 is 5.97 Å². The van der Waals surface area contributed by atoms with Gasteiger partial charge in [-0.15, -0.1) is 0 Å². The zero-order valence-corrected chi connectivity index (χ0v) is 17.2. The minimum atomic E-state index is -0.327. The molecule has 2 aromatic heterocycles. The van der Waals surface area contributed by atoms with E-state index in [0.717, 1.165) is 39.7 Å². The molecule has 0 saturated carbocycles. The van der Waals surface area contributed by atoms with Crippen molar-refractivity contribution in [1.29, 1.82) is 0 Å². The van der Waals surface area contributed by atoms with Gasteiger partial charge in [-0.3, -0.25) is 5.10 Å². The maximum Gasteiger partial charge on any atom is 0.348 e. The molecule has 3 aromatic rings. The molecule has 28 heavy (non-hydrogen) atoms. The number of thiophene rings is 1. The minimum absolute atomic E-state index is 0.185. The quantitative estimate of drug-likeness (QED) is 0.565. The monoisotopic (exact) mass is 462 g/mol. The van der Waals surface area contributed by atoms with E-state index in [9.17, 15) is 4.79 Å². The number of aryl methyl sites for hydroxylation is 1. The van der Waals surface area contributed by atoms with Gasteiger partial charge in [0, 0.05) is 12.1 Å². The number of carbonyl (C=O) groups is 1. The van der Waals surface area contributed by atoms with Crippen molar-refractivity contribution in [2.75, 3.05) is 13.4 Å². The van der Waals surface area contributed by atoms with Gasteiger partial charge in [-0.05, 0) is 46.8 Å². The number of hydrogen-bond acceptors (Lipinski definition) is 7. The van der Waals surface area contributed by atoms with E-state index >= 15 is 0 Å². The van der Waals surface area contributed by atoms with Gasteiger partial charge in [-0.2, -0.15) is 5.10 Å². The molecule has 0 amide bonds. The van der Waals surface area contributed by atoms with Gasteiger partial charge in [0.2, 0.25) is 6.79 Å². The van der Waals surface area contributed by atoms with Crippen LogP contribution in [-0.4, -0.2) is 29.6 Å². The maximum absolute atomic E-state index is 12.5. The molecule has 0 radical (unpaired) electrons. The van der Waals surface area contributed by atoms with Crippen molar-refractivity contribution >= 4 is 33.2 Å². The molecule has 0 spiro atoms. The van der Waals surface area contributed by atoms with Crippen molar-refractivity contribution in [3.8, 4) is 33.6 Å². The second-order valence-corrected chi connectivity index (χ2v) is 8.14. The number of H-pyrrole nitrogens is 1. The van der Waals surface area contributed by atoms with Gasteiger partial charge < -0.3 is 18.9 Å². The molecule has 1 aromatic carbocycles. The fourth-order valence-electron chi connectivity index (χ4n) is 3.42. The Morgan fingerprint density at radius 1 is 1.32 bits per heavy atom. The summed E-state index contributed by atoms with van der Waals surface area (Å²) in [7, 11) is 0. The summed E-state index contributed by atoms with van der Waals surface area (Å²) in [6.07, 6.45) is 3.37. The smallest absolute Gasteiger partial charge is 0.348 e. The first-order chi connectivity index (χ1) is 13.7. The highest BCUT2D eigenvalue weighted by molar-refractivity contribution is 9.10. The summed E-state index contributed by atoms with van der Waals surface area (Å²) in [5.74, 6) is 1.54. The molecule has 9 heteroatoms. The van der Waals surface area contributed by atoms with Crippen LogP contribution in [-0.2, 0) is 17.6 Å². The molecule has 1 aliphatic heterocycles. The molecule has 0 atom stereocenters. The van der Waals surface area contributed by atoms with E-state index in [1.54, 1.807) is 13.0 Å². The number of fused-ring (bicyclic) bond motifs is 4. The summed E-state index contributed by atoms with van der Waals surface area (Å²) < 4.78 is 23.1. The number of hydrogen-bond donors (Lipinski definition) is 1. The molecular formula is C19H15BrN2O5S. The van der Waals surface area contributed by atoms with Crippen molar-refractivity contribution < 1.29 is 23.7 Å². The van der Waals surface area contributed by atoms with E-state index in [4.69, 9.17) is 18.9 Å². The second kappa shape index (κ2) is 6.82. The lowest BCUT2D eigenvalue weighted by molar-refractivity contribution is 0.0531. The van der Waals surface area contributed by atoms with Crippen molar-refractivity contribution in [1.82, 2.24) is 10.2 Å². The predicted octanol–water partition coefficient (Wildman–Crippen LogP) is 4.70. The van der Waals surface area contributed by atoms with Crippen LogP contribution in [0.25, 0.3) is 11.3 Å². The van der Waals surface area contributed by atoms with Gasteiger partial charge in [0.05, 0.1) is 28.5 Å². The zero-order valence-electron chi connectivity index (χ0n) is 14.8. The number of aromatic nitrogens is 2. The summed E-state index contributed by atoms with van der Waals surface area (Å²) in [5, 5.41) is 7.83. The Kier molecular flexibility index (Phi) is 4.28. The highest BCUT2D eigenvalue weighted by Crippen LogP contribution is 2.50. The van der Waals surface area contributed by atoms with E-state index < -0.39 is 0 Å². The zero-order chi connectivity index (χ0) is 19.3. The van der Waals surface area contributed by atoms with Gasteiger partial charge in [0.1, 0.15) is 10.6 Å². The first-order valence-corrected chi connectivity index (χ1v) is 10.4. The molecule has 3 heterocycles. The number of halogens is 1. The van der Waals surface area contributed by atoms with Gasteiger partial charge in [-0.25, -0.2) is 4.79 Å². The second-order valence-electron chi connectivity index (χ2n) is 6.30. The third-order valence-electron chi connectivity index (χ3n) is 4.68.